The largest absolute Gasteiger partial charge is 0.390 e. The second kappa shape index (κ2) is 23.8. The van der Waals surface area contributed by atoms with Crippen molar-refractivity contribution in [3.63, 3.8) is 0 Å². The lowest BCUT2D eigenvalue weighted by Crippen LogP contribution is -2.39. The molecule has 0 aromatic carbocycles. The van der Waals surface area contributed by atoms with Crippen LogP contribution in [0.5, 0.6) is 0 Å². The molecular weight excluding hydrogens is 681 g/mol. The van der Waals surface area contributed by atoms with E-state index in [4.69, 9.17) is 0 Å². The first-order chi connectivity index (χ1) is 25.7. The zero-order chi connectivity index (χ0) is 42.3. The number of fused-ring (bicyclic) bond motifs is 2. The average Bonchev–Trinajstić information content (AvgIpc) is 3.65. The van der Waals surface area contributed by atoms with Gasteiger partial charge in [0.2, 0.25) is 0 Å². The summed E-state index contributed by atoms with van der Waals surface area (Å²) < 4.78 is 0. The Morgan fingerprint density at radius 1 is 0.446 bits per heavy atom. The predicted octanol–water partition coefficient (Wildman–Crippen LogP) is 15.7. The van der Waals surface area contributed by atoms with Crippen LogP contribution < -0.4 is 10.6 Å². The van der Waals surface area contributed by atoms with Crippen LogP contribution in [0.25, 0.3) is 0 Å². The van der Waals surface area contributed by atoms with Gasteiger partial charge in [-0.05, 0) is 147 Å². The number of rotatable bonds is 6. The van der Waals surface area contributed by atoms with Crippen molar-refractivity contribution in [2.75, 3.05) is 13.1 Å². The van der Waals surface area contributed by atoms with Crippen molar-refractivity contribution in [1.82, 2.24) is 10.6 Å². The van der Waals surface area contributed by atoms with E-state index in [9.17, 15) is 5.11 Å². The maximum Gasteiger partial charge on any atom is 0.0648 e. The Labute approximate surface area is 354 Å². The zero-order valence-electron chi connectivity index (χ0n) is 41.3. The highest BCUT2D eigenvalue weighted by molar-refractivity contribution is 4.93. The van der Waals surface area contributed by atoms with Gasteiger partial charge in [-0.3, -0.25) is 0 Å². The maximum absolute atomic E-state index is 10.2. The van der Waals surface area contributed by atoms with Gasteiger partial charge in [-0.1, -0.05) is 174 Å². The van der Waals surface area contributed by atoms with Gasteiger partial charge in [0.15, 0.2) is 0 Å². The third-order valence-corrected chi connectivity index (χ3v) is 13.4. The summed E-state index contributed by atoms with van der Waals surface area (Å²) in [5.74, 6) is 4.06. The fourth-order valence-electron chi connectivity index (χ4n) is 10.9. The molecule has 3 aliphatic carbocycles. The molecule has 2 bridgehead atoms. The van der Waals surface area contributed by atoms with Gasteiger partial charge in [-0.2, -0.15) is 0 Å². The molecule has 3 heterocycles. The van der Waals surface area contributed by atoms with Gasteiger partial charge in [0, 0.05) is 12.1 Å². The Morgan fingerprint density at radius 2 is 0.857 bits per heavy atom. The Balaban J connectivity index is 0.000000243. The molecule has 334 valence electrons. The molecule has 56 heavy (non-hydrogen) atoms. The van der Waals surface area contributed by atoms with E-state index in [0.29, 0.717) is 27.1 Å². The van der Waals surface area contributed by atoms with Crippen LogP contribution in [0.3, 0.4) is 0 Å². The summed E-state index contributed by atoms with van der Waals surface area (Å²) in [7, 11) is 0. The van der Waals surface area contributed by atoms with Gasteiger partial charge in [0.05, 0.1) is 5.60 Å². The molecule has 3 unspecified atom stereocenters. The van der Waals surface area contributed by atoms with E-state index < -0.39 is 0 Å². The molecule has 0 amide bonds. The maximum atomic E-state index is 10.2. The second-order valence-electron chi connectivity index (χ2n) is 26.5. The summed E-state index contributed by atoms with van der Waals surface area (Å²) in [6, 6.07) is 1.73. The third kappa shape index (κ3) is 26.9. The number of hydrogen-bond acceptors (Lipinski definition) is 3. The number of aliphatic hydroxyl groups is 1. The minimum Gasteiger partial charge on any atom is -0.390 e. The van der Waals surface area contributed by atoms with E-state index in [-0.39, 0.29) is 5.60 Å². The molecule has 0 spiro atoms. The van der Waals surface area contributed by atoms with Crippen LogP contribution in [0, 0.1) is 50.7 Å². The Kier molecular flexibility index (Phi) is 22.1. The average molecular weight is 787 g/mol. The first-order valence-corrected chi connectivity index (χ1v) is 24.9. The van der Waals surface area contributed by atoms with Gasteiger partial charge in [-0.15, -0.1) is 0 Å². The zero-order valence-corrected chi connectivity index (χ0v) is 41.3. The topological polar surface area (TPSA) is 44.3 Å². The van der Waals surface area contributed by atoms with E-state index in [0.717, 1.165) is 61.4 Å². The predicted molar refractivity (Wildman–Crippen MR) is 251 cm³/mol. The van der Waals surface area contributed by atoms with Crippen molar-refractivity contribution in [3.05, 3.63) is 0 Å². The standard InChI is InChI=1S/C12H23N.C12H24O.C11H22.C9H19N.C9H18/c1-12(2,3)8-9-6-10-4-5-11(7-9)13-10;1-11(2,3)9-10-12(13)7-5-4-6-8-12;1-11(2,3)9-10-7-5-4-6-8-10;1-9(2,3)6-8-4-5-10-7-8;1-9(2,3)7-8-5-4-6-8/h9-11,13H,4-8H2,1-3H3;13H,4-10H2,1-3H3;10H,4-9H2,1-3H3;8,10H,4-7H2,1-3H3;8H,4-7H2,1-3H3. The molecule has 3 saturated carbocycles. The fraction of sp³-hybridized carbons (Fsp3) is 1.00. The molecule has 3 heteroatoms. The summed E-state index contributed by atoms with van der Waals surface area (Å²) in [6.45, 7) is 37.4. The smallest absolute Gasteiger partial charge is 0.0648 e. The van der Waals surface area contributed by atoms with Crippen molar-refractivity contribution in [3.8, 4) is 0 Å². The quantitative estimate of drug-likeness (QED) is 0.251. The van der Waals surface area contributed by atoms with Crippen molar-refractivity contribution in [1.29, 1.82) is 0 Å². The van der Waals surface area contributed by atoms with E-state index >= 15 is 0 Å². The monoisotopic (exact) mass is 787 g/mol. The van der Waals surface area contributed by atoms with Gasteiger partial charge in [0.25, 0.3) is 0 Å². The number of nitrogens with one attached hydrogen (secondary N) is 2. The summed E-state index contributed by atoms with van der Waals surface area (Å²) in [5.41, 5.74) is 2.24. The molecule has 3 aliphatic heterocycles. The molecule has 6 rings (SSSR count). The normalized spacial score (nSPS) is 27.2. The van der Waals surface area contributed by atoms with Crippen LogP contribution in [0.2, 0.25) is 0 Å². The van der Waals surface area contributed by atoms with Crippen molar-refractivity contribution >= 4 is 0 Å². The lowest BCUT2D eigenvalue weighted by Gasteiger charge is -2.34. The minimum atomic E-state index is -0.314. The van der Waals surface area contributed by atoms with Crippen molar-refractivity contribution < 1.29 is 5.11 Å². The summed E-state index contributed by atoms with van der Waals surface area (Å²) in [6.07, 6.45) is 32.7. The molecular formula is C53H106N2O. The second-order valence-corrected chi connectivity index (χ2v) is 26.5. The third-order valence-electron chi connectivity index (χ3n) is 13.4. The molecule has 3 nitrogen and oxygen atoms in total. The lowest BCUT2D eigenvalue weighted by molar-refractivity contribution is -0.0123. The molecule has 3 atom stereocenters. The van der Waals surface area contributed by atoms with Crippen LogP contribution in [0.4, 0.5) is 0 Å². The Hall–Kier alpha value is -0.120. The molecule has 3 saturated heterocycles. The van der Waals surface area contributed by atoms with Crippen LogP contribution >= 0.6 is 0 Å². The molecule has 0 radical (unpaired) electrons. The van der Waals surface area contributed by atoms with Crippen molar-refractivity contribution in [2.45, 2.75) is 276 Å². The van der Waals surface area contributed by atoms with E-state index in [1.54, 1.807) is 0 Å². The fourth-order valence-corrected chi connectivity index (χ4v) is 10.9. The summed E-state index contributed by atoms with van der Waals surface area (Å²) in [5, 5.41) is 17.3. The van der Waals surface area contributed by atoms with Crippen LogP contribution in [-0.2, 0) is 0 Å². The van der Waals surface area contributed by atoms with E-state index in [2.05, 4.69) is 114 Å². The van der Waals surface area contributed by atoms with Gasteiger partial charge in [0.1, 0.15) is 0 Å². The highest BCUT2D eigenvalue weighted by Crippen LogP contribution is 2.39. The van der Waals surface area contributed by atoms with Gasteiger partial charge in [-0.25, -0.2) is 0 Å². The molecule has 0 aromatic heterocycles. The lowest BCUT2D eigenvalue weighted by atomic mass is 9.74. The summed E-state index contributed by atoms with van der Waals surface area (Å²) in [4.78, 5) is 0. The van der Waals surface area contributed by atoms with Crippen LogP contribution in [0.1, 0.15) is 258 Å². The highest BCUT2D eigenvalue weighted by atomic mass is 16.3. The SMILES string of the molecule is CC(C)(C)CC1CC2CCC(C1)N2.CC(C)(C)CC1CCC1.CC(C)(C)CC1CCCCC1.CC(C)(C)CC1CCNC1.CC(C)(C)CCC1(O)CCCCC1. The van der Waals surface area contributed by atoms with Gasteiger partial charge < -0.3 is 15.7 Å². The minimum absolute atomic E-state index is 0.314. The Morgan fingerprint density at radius 3 is 1.23 bits per heavy atom. The summed E-state index contributed by atoms with van der Waals surface area (Å²) >= 11 is 0. The first-order valence-electron chi connectivity index (χ1n) is 24.9. The highest BCUT2D eigenvalue weighted by Gasteiger charge is 2.35. The van der Waals surface area contributed by atoms with Gasteiger partial charge >= 0.3 is 0 Å². The first kappa shape index (κ1) is 52.0. The van der Waals surface area contributed by atoms with Crippen LogP contribution in [-0.4, -0.2) is 35.9 Å². The molecule has 6 aliphatic rings. The molecule has 6 fully saturated rings. The molecule has 0 aromatic rings. The number of piperidine rings is 1. The van der Waals surface area contributed by atoms with E-state index in [1.165, 1.54) is 142 Å². The Bertz CT molecular complexity index is 979. The van der Waals surface area contributed by atoms with Crippen LogP contribution in [0.15, 0.2) is 0 Å². The van der Waals surface area contributed by atoms with Crippen molar-refractivity contribution in [2.24, 2.45) is 50.7 Å². The molecule has 3 N–H and O–H groups in total. The number of hydrogen-bond donors (Lipinski definition) is 3. The van der Waals surface area contributed by atoms with E-state index in [1.807, 2.05) is 0 Å².